The Morgan fingerprint density at radius 3 is 1.61 bits per heavy atom. The zero-order valence-corrected chi connectivity index (χ0v) is 44.7. The van der Waals surface area contributed by atoms with Crippen molar-refractivity contribution in [3.05, 3.63) is 118 Å². The summed E-state index contributed by atoms with van der Waals surface area (Å²) in [5, 5.41) is 8.87. The Hall–Kier alpha value is -6.87. The Balaban J connectivity index is 0.000000158. The molecule has 2 aromatic carbocycles. The average Bonchev–Trinajstić information content (AvgIpc) is 4.28. The number of hydrogen-bond donors (Lipinski definition) is 3. The predicted molar refractivity (Wildman–Crippen MR) is 294 cm³/mol. The first-order valence-electron chi connectivity index (χ1n) is 24.8. The number of nitrogens with one attached hydrogen (secondary N) is 2. The lowest BCUT2D eigenvalue weighted by molar-refractivity contribution is 0.0602. The number of amides is 1. The zero-order valence-electron chi connectivity index (χ0n) is 42.2. The zero-order chi connectivity index (χ0) is 52.0. The van der Waals surface area contributed by atoms with E-state index in [-0.39, 0.29) is 30.4 Å². The molecule has 5 aromatic heterocycles. The summed E-state index contributed by atoms with van der Waals surface area (Å²) < 4.78 is 20.4. The molecule has 1 amide bonds. The lowest BCUT2D eigenvalue weighted by atomic mass is 10.00. The molecule has 17 nitrogen and oxygen atoms in total. The first kappa shape index (κ1) is 53.4. The molecule has 0 unspecified atom stereocenters. The number of esters is 1. The lowest BCUT2D eigenvalue weighted by Crippen LogP contribution is -2.43. The van der Waals surface area contributed by atoms with Crippen molar-refractivity contribution in [3.8, 4) is 22.3 Å². The van der Waals surface area contributed by atoms with Crippen LogP contribution >= 0.6 is 34.0 Å². The van der Waals surface area contributed by atoms with Crippen LogP contribution in [0.3, 0.4) is 0 Å². The third-order valence-electron chi connectivity index (χ3n) is 12.4. The van der Waals surface area contributed by atoms with Crippen LogP contribution in [-0.2, 0) is 22.3 Å². The van der Waals surface area contributed by atoms with Crippen molar-refractivity contribution in [1.82, 2.24) is 20.3 Å². The number of piperazine rings is 1. The SMILES string of the molecule is CC(C)(C)OC(=O)Nc1ccc(-c2ccoc2)cc1CC(=O)c1cnc(N2CCCCC2)s1.COC(=O)c1cnc(N2CCCCC2)s1.Nc1ccc(-c2ccoc2)cc1CC(=O)c1cnc(N2CCNCC2)s1. The highest BCUT2D eigenvalue weighted by Crippen LogP contribution is 2.32. The number of furan rings is 2. The van der Waals surface area contributed by atoms with Gasteiger partial charge >= 0.3 is 12.1 Å². The Labute approximate surface area is 443 Å². The average molecular weight is 1060 g/mol. The number of rotatable bonds is 13. The second-order valence-corrected chi connectivity index (χ2v) is 22.0. The van der Waals surface area contributed by atoms with Crippen molar-refractivity contribution in [2.45, 2.75) is 77.7 Å². The number of carbonyl (C=O) groups is 4. The maximum Gasteiger partial charge on any atom is 0.412 e. The van der Waals surface area contributed by atoms with Gasteiger partial charge in [-0.15, -0.1) is 0 Å². The molecule has 3 aliphatic heterocycles. The van der Waals surface area contributed by atoms with Crippen LogP contribution in [-0.4, -0.2) is 104 Å². The van der Waals surface area contributed by atoms with Gasteiger partial charge in [0, 0.05) is 87.7 Å². The monoisotopic (exact) mass is 1060 g/mol. The van der Waals surface area contributed by atoms with E-state index in [2.05, 4.69) is 45.0 Å². The standard InChI is InChI=1S/C25H29N3O4S.C19H20N4O2S.C10H14N2O2S/c1-25(2,3)32-24(30)27-20-8-7-17(18-9-12-31-16-18)13-19(20)14-21(29)22-15-26-23(33-22)28-10-5-4-6-11-28;20-16-2-1-13(14-3-8-25-12-14)9-15(16)10-17(24)18-11-22-19(26-18)23-6-4-21-5-7-23;1-14-9(13)8-7-11-10(15-8)12-5-3-2-4-6-12/h7-9,12-13,15-16H,4-6,10-11,14H2,1-3H3,(H,27,30);1-3,8-9,11-12,21H,4-7,10,20H2;7H,2-6H2,1H3. The van der Waals surface area contributed by atoms with Crippen LogP contribution in [0.25, 0.3) is 22.3 Å². The van der Waals surface area contributed by atoms with Gasteiger partial charge in [0.1, 0.15) is 10.5 Å². The summed E-state index contributed by atoms with van der Waals surface area (Å²) in [6, 6.07) is 15.1. The summed E-state index contributed by atoms with van der Waals surface area (Å²) in [7, 11) is 1.39. The van der Waals surface area contributed by atoms with E-state index in [1.54, 1.807) is 49.7 Å². The highest BCUT2D eigenvalue weighted by molar-refractivity contribution is 7.18. The van der Waals surface area contributed by atoms with E-state index in [9.17, 15) is 19.2 Å². The van der Waals surface area contributed by atoms with Crippen molar-refractivity contribution in [2.24, 2.45) is 0 Å². The highest BCUT2D eigenvalue weighted by atomic mass is 32.1. The van der Waals surface area contributed by atoms with Crippen LogP contribution in [0.5, 0.6) is 0 Å². The van der Waals surface area contributed by atoms with Gasteiger partial charge in [0.25, 0.3) is 0 Å². The smallest absolute Gasteiger partial charge is 0.412 e. The number of ether oxygens (including phenoxy) is 2. The number of aromatic nitrogens is 3. The van der Waals surface area contributed by atoms with Crippen molar-refractivity contribution in [1.29, 1.82) is 0 Å². The second-order valence-electron chi connectivity index (χ2n) is 19.0. The van der Waals surface area contributed by atoms with Crippen LogP contribution in [0.4, 0.5) is 31.6 Å². The third kappa shape index (κ3) is 14.7. The van der Waals surface area contributed by atoms with Gasteiger partial charge in [0.05, 0.1) is 60.5 Å². The topological polar surface area (TPSA) is 211 Å². The molecule has 4 N–H and O–H groups in total. The molecular formula is C54H63N9O8S3. The van der Waals surface area contributed by atoms with Crippen molar-refractivity contribution < 1.29 is 37.5 Å². The molecule has 0 saturated carbocycles. The van der Waals surface area contributed by atoms with Gasteiger partial charge in [-0.3, -0.25) is 14.9 Å². The van der Waals surface area contributed by atoms with Crippen molar-refractivity contribution in [2.75, 3.05) is 85.2 Å². The number of nitrogen functional groups attached to an aromatic ring is 1. The van der Waals surface area contributed by atoms with Gasteiger partial charge in [-0.1, -0.05) is 46.1 Å². The van der Waals surface area contributed by atoms with Gasteiger partial charge in [0.2, 0.25) is 0 Å². The minimum atomic E-state index is -0.621. The molecule has 3 aliphatic rings. The number of methoxy groups -OCH3 is 1. The summed E-state index contributed by atoms with van der Waals surface area (Å²) in [5.74, 6) is -0.289. The van der Waals surface area contributed by atoms with Crippen LogP contribution in [0.1, 0.15) is 99.4 Å². The normalized spacial score (nSPS) is 14.8. The van der Waals surface area contributed by atoms with E-state index in [1.807, 2.05) is 63.2 Å². The van der Waals surface area contributed by atoms with Gasteiger partial charge in [0.15, 0.2) is 27.0 Å². The first-order valence-corrected chi connectivity index (χ1v) is 27.3. The van der Waals surface area contributed by atoms with Crippen molar-refractivity contribution in [3.63, 3.8) is 0 Å². The quantitative estimate of drug-likeness (QED) is 0.0557. The number of thiazole rings is 3. The molecule has 0 radical (unpaired) electrons. The van der Waals surface area contributed by atoms with Crippen LogP contribution in [0.15, 0.2) is 101 Å². The molecule has 10 rings (SSSR count). The summed E-state index contributed by atoms with van der Waals surface area (Å²) in [6.45, 7) is 13.2. The Kier molecular flexibility index (Phi) is 18.3. The summed E-state index contributed by atoms with van der Waals surface area (Å²) in [6.07, 6.45) is 18.6. The number of piperidine rings is 2. The number of Topliss-reactive ketones (excluding diaryl/α,β-unsaturated/α-hetero) is 2. The third-order valence-corrected chi connectivity index (χ3v) is 15.6. The molecule has 3 saturated heterocycles. The predicted octanol–water partition coefficient (Wildman–Crippen LogP) is 10.9. The van der Waals surface area contributed by atoms with E-state index in [0.29, 0.717) is 31.6 Å². The van der Waals surface area contributed by atoms with E-state index in [0.717, 1.165) is 108 Å². The fourth-order valence-corrected chi connectivity index (χ4v) is 11.2. The first-order chi connectivity index (χ1) is 35.8. The van der Waals surface area contributed by atoms with Crippen LogP contribution in [0, 0.1) is 0 Å². The fraction of sp³-hybridized carbons (Fsp3) is 0.389. The molecule has 0 atom stereocenters. The summed E-state index contributed by atoms with van der Waals surface area (Å²) in [5.41, 5.74) is 11.9. The van der Waals surface area contributed by atoms with Crippen LogP contribution in [0.2, 0.25) is 0 Å². The number of carbonyl (C=O) groups excluding carboxylic acids is 4. The van der Waals surface area contributed by atoms with Gasteiger partial charge in [-0.2, -0.15) is 0 Å². The second kappa shape index (κ2) is 25.4. The Morgan fingerprint density at radius 1 is 0.635 bits per heavy atom. The van der Waals surface area contributed by atoms with Gasteiger partial charge in [-0.25, -0.2) is 24.5 Å². The van der Waals surface area contributed by atoms with Crippen molar-refractivity contribution >= 4 is 84.4 Å². The lowest BCUT2D eigenvalue weighted by Gasteiger charge is -2.26. The number of ketones is 2. The number of hydrogen-bond acceptors (Lipinski definition) is 19. The number of nitrogens with zero attached hydrogens (tertiary/aromatic N) is 6. The van der Waals surface area contributed by atoms with Gasteiger partial charge in [-0.05, 0) is 118 Å². The fourth-order valence-electron chi connectivity index (χ4n) is 8.48. The number of anilines is 5. The minimum absolute atomic E-state index is 0.0349. The molecule has 74 heavy (non-hydrogen) atoms. The molecule has 3 fully saturated rings. The van der Waals surface area contributed by atoms with Gasteiger partial charge < -0.3 is 44.1 Å². The maximum atomic E-state index is 13.2. The van der Waals surface area contributed by atoms with E-state index in [4.69, 9.17) is 19.3 Å². The van der Waals surface area contributed by atoms with Crippen LogP contribution < -0.4 is 31.1 Å². The summed E-state index contributed by atoms with van der Waals surface area (Å²) in [4.78, 5) is 71.3. The highest BCUT2D eigenvalue weighted by Gasteiger charge is 2.23. The molecule has 390 valence electrons. The van der Waals surface area contributed by atoms with E-state index >= 15 is 0 Å². The molecule has 0 aliphatic carbocycles. The summed E-state index contributed by atoms with van der Waals surface area (Å²) >= 11 is 4.30. The Bertz CT molecular complexity index is 2940. The molecule has 20 heteroatoms. The maximum absolute atomic E-state index is 13.2. The molecular weight excluding hydrogens is 999 g/mol. The van der Waals surface area contributed by atoms with E-state index < -0.39 is 11.7 Å². The Morgan fingerprint density at radius 2 is 1.11 bits per heavy atom. The van der Waals surface area contributed by atoms with E-state index in [1.165, 1.54) is 66.8 Å². The number of benzene rings is 2. The minimum Gasteiger partial charge on any atom is -0.472 e. The molecule has 0 bridgehead atoms. The molecule has 8 heterocycles. The molecule has 7 aromatic rings. The largest absolute Gasteiger partial charge is 0.472 e. The number of nitrogens with two attached hydrogens (primary N) is 1. The molecule has 0 spiro atoms.